The van der Waals surface area contributed by atoms with Crippen molar-refractivity contribution in [1.82, 2.24) is 0 Å². The summed E-state index contributed by atoms with van der Waals surface area (Å²) in [4.78, 5) is 0. The second-order valence-corrected chi connectivity index (χ2v) is 7.46. The van der Waals surface area contributed by atoms with Gasteiger partial charge in [-0.15, -0.1) is 0 Å². The Balaban J connectivity index is 1.75. The number of nitriles is 1. The number of benzene rings is 1. The molecule has 5 heteroatoms. The predicted octanol–water partition coefficient (Wildman–Crippen LogP) is 4.55. The van der Waals surface area contributed by atoms with Gasteiger partial charge in [0.2, 0.25) is 0 Å². The Morgan fingerprint density at radius 2 is 2.09 bits per heavy atom. The normalized spacial score (nSPS) is 32.8. The molecule has 2 unspecified atom stereocenters. The molecule has 0 bridgehead atoms. The molecule has 0 spiro atoms. The zero-order valence-corrected chi connectivity index (χ0v) is 14.3. The van der Waals surface area contributed by atoms with Crippen molar-refractivity contribution >= 4 is 18.7 Å². The molecule has 3 rings (SSSR count). The van der Waals surface area contributed by atoms with Crippen LogP contribution in [0.4, 0.5) is 0 Å². The lowest BCUT2D eigenvalue weighted by atomic mass is 9.79. The van der Waals surface area contributed by atoms with E-state index in [1.165, 1.54) is 0 Å². The summed E-state index contributed by atoms with van der Waals surface area (Å²) in [7, 11) is -0.161. The maximum absolute atomic E-state index is 9.11. The average molecular weight is 318 g/mol. The maximum Gasteiger partial charge on any atom is 0.461 e. The van der Waals surface area contributed by atoms with E-state index in [0.717, 1.165) is 18.4 Å². The van der Waals surface area contributed by atoms with E-state index in [9.17, 15) is 0 Å². The summed E-state index contributed by atoms with van der Waals surface area (Å²) in [6, 6.07) is 7.85. The summed E-state index contributed by atoms with van der Waals surface area (Å²) < 4.78 is 12.5. The Morgan fingerprint density at radius 1 is 1.36 bits per heavy atom. The van der Waals surface area contributed by atoms with Crippen LogP contribution in [0.1, 0.15) is 57.6 Å². The molecule has 0 aromatic heterocycles. The van der Waals surface area contributed by atoms with Gasteiger partial charge in [0.05, 0.1) is 21.8 Å². The van der Waals surface area contributed by atoms with Crippen molar-refractivity contribution < 1.29 is 9.31 Å². The van der Waals surface area contributed by atoms with Crippen molar-refractivity contribution in [2.75, 3.05) is 0 Å². The van der Waals surface area contributed by atoms with Crippen LogP contribution in [0, 0.1) is 11.3 Å². The summed E-state index contributed by atoms with van der Waals surface area (Å²) in [6.07, 6.45) is 1.96. The number of halogens is 1. The van der Waals surface area contributed by atoms with Gasteiger partial charge in [0.25, 0.3) is 0 Å². The summed E-state index contributed by atoms with van der Waals surface area (Å²) in [5.74, 6) is 0.754. The van der Waals surface area contributed by atoms with E-state index in [2.05, 4.69) is 33.8 Å². The number of nitrogens with zero attached hydrogens (tertiary/aromatic N) is 1. The van der Waals surface area contributed by atoms with Crippen LogP contribution in [-0.4, -0.2) is 18.3 Å². The molecule has 1 heterocycles. The Kier molecular flexibility index (Phi) is 3.80. The van der Waals surface area contributed by atoms with Gasteiger partial charge in [0.15, 0.2) is 0 Å². The largest absolute Gasteiger partial charge is 0.461 e. The highest BCUT2D eigenvalue weighted by atomic mass is 35.5. The van der Waals surface area contributed by atoms with Crippen LogP contribution in [0.3, 0.4) is 0 Å². The van der Waals surface area contributed by atoms with Crippen LogP contribution in [0.2, 0.25) is 10.8 Å². The standard InChI is InChI=1S/C17H21BClNO2/c1-5-17(4)16(2,3)21-18(22-17)14-9-13(14)11-6-7-15(19)12(8-11)10-20/h6-8,13-14H,5,9H2,1-4H3/t13-,14?,17?/m1/s1. The lowest BCUT2D eigenvalue weighted by Crippen LogP contribution is -2.44. The van der Waals surface area contributed by atoms with E-state index in [1.807, 2.05) is 12.1 Å². The fraction of sp³-hybridized carbons (Fsp3) is 0.588. The minimum atomic E-state index is -0.280. The predicted molar refractivity (Wildman–Crippen MR) is 88.0 cm³/mol. The summed E-state index contributed by atoms with van der Waals surface area (Å²) in [5, 5.41) is 9.62. The summed E-state index contributed by atoms with van der Waals surface area (Å²) in [6.45, 7) is 8.46. The van der Waals surface area contributed by atoms with Crippen molar-refractivity contribution in [3.05, 3.63) is 34.3 Å². The van der Waals surface area contributed by atoms with Gasteiger partial charge in [-0.3, -0.25) is 0 Å². The van der Waals surface area contributed by atoms with E-state index < -0.39 is 0 Å². The molecule has 1 aliphatic heterocycles. The topological polar surface area (TPSA) is 42.2 Å². The summed E-state index contributed by atoms with van der Waals surface area (Å²) in [5.41, 5.74) is 1.16. The van der Waals surface area contributed by atoms with E-state index in [-0.39, 0.29) is 18.3 Å². The van der Waals surface area contributed by atoms with Crippen molar-refractivity contribution in [3.63, 3.8) is 0 Å². The molecule has 2 fully saturated rings. The second kappa shape index (κ2) is 5.27. The molecule has 1 saturated heterocycles. The molecule has 0 N–H and O–H groups in total. The van der Waals surface area contributed by atoms with Crippen LogP contribution >= 0.6 is 11.6 Å². The van der Waals surface area contributed by atoms with Gasteiger partial charge in [-0.2, -0.15) is 5.26 Å². The van der Waals surface area contributed by atoms with Crippen LogP contribution in [0.15, 0.2) is 18.2 Å². The minimum absolute atomic E-state index is 0.161. The molecule has 22 heavy (non-hydrogen) atoms. The number of hydrogen-bond donors (Lipinski definition) is 0. The maximum atomic E-state index is 9.11. The highest BCUT2D eigenvalue weighted by molar-refractivity contribution is 6.49. The van der Waals surface area contributed by atoms with Gasteiger partial charge in [-0.1, -0.05) is 24.6 Å². The van der Waals surface area contributed by atoms with Crippen LogP contribution in [0.5, 0.6) is 0 Å². The molecular weight excluding hydrogens is 296 g/mol. The first-order valence-electron chi connectivity index (χ1n) is 7.86. The van der Waals surface area contributed by atoms with E-state index >= 15 is 0 Å². The molecule has 0 radical (unpaired) electrons. The van der Waals surface area contributed by atoms with Gasteiger partial charge in [-0.25, -0.2) is 0 Å². The van der Waals surface area contributed by atoms with Crippen molar-refractivity contribution in [3.8, 4) is 6.07 Å². The molecule has 1 saturated carbocycles. The van der Waals surface area contributed by atoms with Crippen molar-refractivity contribution in [2.45, 2.75) is 63.5 Å². The van der Waals surface area contributed by atoms with E-state index in [1.54, 1.807) is 6.07 Å². The first-order valence-corrected chi connectivity index (χ1v) is 8.24. The Morgan fingerprint density at radius 3 is 2.68 bits per heavy atom. The number of rotatable bonds is 3. The third-order valence-corrected chi connectivity index (χ3v) is 5.79. The molecule has 0 amide bonds. The second-order valence-electron chi connectivity index (χ2n) is 7.06. The highest BCUT2D eigenvalue weighted by Gasteiger charge is 2.60. The smallest absolute Gasteiger partial charge is 0.403 e. The Labute approximate surface area is 137 Å². The zero-order valence-electron chi connectivity index (χ0n) is 13.5. The summed E-state index contributed by atoms with van der Waals surface area (Å²) >= 11 is 6.01. The molecule has 3 atom stereocenters. The number of hydrogen-bond acceptors (Lipinski definition) is 3. The molecule has 1 aromatic rings. The first-order chi connectivity index (χ1) is 10.3. The minimum Gasteiger partial charge on any atom is -0.403 e. The fourth-order valence-corrected chi connectivity index (χ4v) is 3.44. The molecule has 2 aliphatic rings. The lowest BCUT2D eigenvalue weighted by molar-refractivity contribution is -0.0118. The lowest BCUT2D eigenvalue weighted by Gasteiger charge is -2.35. The third-order valence-electron chi connectivity index (χ3n) is 5.46. The van der Waals surface area contributed by atoms with Gasteiger partial charge < -0.3 is 9.31 Å². The van der Waals surface area contributed by atoms with Gasteiger partial charge >= 0.3 is 7.12 Å². The van der Waals surface area contributed by atoms with Gasteiger partial charge in [0, 0.05) is 5.82 Å². The van der Waals surface area contributed by atoms with E-state index in [0.29, 0.717) is 22.3 Å². The average Bonchev–Trinajstić information content (AvgIpc) is 3.22. The highest BCUT2D eigenvalue weighted by Crippen LogP contribution is 2.58. The SMILES string of the molecule is CCC1(C)OB(C2C[C@@H]2c2ccc(Cl)c(C#N)c2)OC1(C)C. The molecule has 1 aromatic carbocycles. The van der Waals surface area contributed by atoms with Crippen LogP contribution < -0.4 is 0 Å². The molecular formula is C17H21BClNO2. The van der Waals surface area contributed by atoms with Crippen molar-refractivity contribution in [2.24, 2.45) is 0 Å². The van der Waals surface area contributed by atoms with Crippen LogP contribution in [0.25, 0.3) is 0 Å². The Hall–Kier alpha value is -1.02. The van der Waals surface area contributed by atoms with Crippen LogP contribution in [-0.2, 0) is 9.31 Å². The molecule has 1 aliphatic carbocycles. The quantitative estimate of drug-likeness (QED) is 0.768. The first kappa shape index (κ1) is 15.9. The monoisotopic (exact) mass is 317 g/mol. The fourth-order valence-electron chi connectivity index (χ4n) is 3.28. The molecule has 116 valence electrons. The van der Waals surface area contributed by atoms with Crippen molar-refractivity contribution in [1.29, 1.82) is 5.26 Å². The van der Waals surface area contributed by atoms with Gasteiger partial charge in [0.1, 0.15) is 6.07 Å². The third kappa shape index (κ3) is 2.46. The Bertz CT molecular complexity index is 642. The molecule has 3 nitrogen and oxygen atoms in total. The van der Waals surface area contributed by atoms with E-state index in [4.69, 9.17) is 26.2 Å². The zero-order chi connectivity index (χ0) is 16.1. The van der Waals surface area contributed by atoms with Gasteiger partial charge in [-0.05, 0) is 57.2 Å².